The van der Waals surface area contributed by atoms with Crippen LogP contribution in [0.5, 0.6) is 0 Å². The van der Waals surface area contributed by atoms with Crippen LogP contribution in [0, 0.1) is 0 Å². The lowest BCUT2D eigenvalue weighted by Crippen LogP contribution is -2.30. The highest BCUT2D eigenvalue weighted by Crippen LogP contribution is 2.19. The zero-order valence-corrected chi connectivity index (χ0v) is 18.3. The molecule has 0 saturated heterocycles. The predicted molar refractivity (Wildman–Crippen MR) is 110 cm³/mol. The van der Waals surface area contributed by atoms with Crippen LogP contribution < -0.4 is 0 Å². The van der Waals surface area contributed by atoms with E-state index in [0.29, 0.717) is 6.42 Å². The maximum atomic E-state index is 11.1. The van der Waals surface area contributed by atoms with Crippen molar-refractivity contribution in [2.75, 3.05) is 35.0 Å². The molecule has 2 atom stereocenters. The van der Waals surface area contributed by atoms with Gasteiger partial charge in [0.25, 0.3) is 0 Å². The predicted octanol–water partition coefficient (Wildman–Crippen LogP) is 5.30. The molecular formula is C22H44O5. The number of carbonyl (C=O) groups excluding carboxylic acids is 1. The molecule has 0 radical (unpaired) electrons. The van der Waals surface area contributed by atoms with Crippen LogP contribution in [-0.4, -0.2) is 53.2 Å². The molecule has 2 unspecified atom stereocenters. The van der Waals surface area contributed by atoms with Gasteiger partial charge in [-0.25, -0.2) is 0 Å². The maximum absolute atomic E-state index is 11.1. The molecule has 0 spiro atoms. The Balaban J connectivity index is 3.72. The lowest BCUT2D eigenvalue weighted by molar-refractivity contribution is -0.140. The van der Waals surface area contributed by atoms with E-state index < -0.39 is 0 Å². The monoisotopic (exact) mass is 388 g/mol. The third kappa shape index (κ3) is 16.0. The second-order valence-corrected chi connectivity index (χ2v) is 7.33. The summed E-state index contributed by atoms with van der Waals surface area (Å²) >= 11 is 0. The topological polar surface area (TPSA) is 54.0 Å². The van der Waals surface area contributed by atoms with Gasteiger partial charge in [-0.3, -0.25) is 4.79 Å². The summed E-state index contributed by atoms with van der Waals surface area (Å²) in [6.07, 6.45) is 16.0. The number of rotatable bonds is 20. The third-order valence-corrected chi connectivity index (χ3v) is 5.20. The van der Waals surface area contributed by atoms with Crippen molar-refractivity contribution in [3.63, 3.8) is 0 Å². The number of ether oxygens (including phenoxy) is 4. The first kappa shape index (κ1) is 26.4. The second kappa shape index (κ2) is 20.1. The summed E-state index contributed by atoms with van der Waals surface area (Å²) in [7, 11) is 6.81. The van der Waals surface area contributed by atoms with E-state index in [9.17, 15) is 4.79 Å². The first-order chi connectivity index (χ1) is 13.2. The maximum Gasteiger partial charge on any atom is 0.305 e. The normalized spacial score (nSPS) is 13.5. The molecule has 0 N–H and O–H groups in total. The molecule has 5 nitrogen and oxygen atoms in total. The quantitative estimate of drug-likeness (QED) is 0.209. The smallest absolute Gasteiger partial charge is 0.305 e. The molecule has 0 aromatic heterocycles. The highest BCUT2D eigenvalue weighted by atomic mass is 16.5. The van der Waals surface area contributed by atoms with E-state index in [-0.39, 0.29) is 18.2 Å². The summed E-state index contributed by atoms with van der Waals surface area (Å²) in [5, 5.41) is 0. The highest BCUT2D eigenvalue weighted by molar-refractivity contribution is 5.68. The average Bonchev–Trinajstić information content (AvgIpc) is 2.69. The fourth-order valence-electron chi connectivity index (χ4n) is 3.46. The molecule has 0 amide bonds. The molecule has 162 valence electrons. The molecule has 0 aromatic rings. The first-order valence-corrected chi connectivity index (χ1v) is 10.8. The molecule has 0 aromatic carbocycles. The summed E-state index contributed by atoms with van der Waals surface area (Å²) in [4.78, 5) is 11.1. The summed E-state index contributed by atoms with van der Waals surface area (Å²) < 4.78 is 21.1. The van der Waals surface area contributed by atoms with Crippen molar-refractivity contribution in [1.29, 1.82) is 0 Å². The van der Waals surface area contributed by atoms with Gasteiger partial charge in [0.1, 0.15) is 0 Å². The molecule has 0 saturated carbocycles. The van der Waals surface area contributed by atoms with Crippen molar-refractivity contribution in [2.45, 2.75) is 102 Å². The van der Waals surface area contributed by atoms with Gasteiger partial charge in [-0.2, -0.15) is 0 Å². The molecule has 0 bridgehead atoms. The Morgan fingerprint density at radius 3 is 1.52 bits per heavy atom. The minimum Gasteiger partial charge on any atom is -0.469 e. The number of methoxy groups -OCH3 is 4. The lowest BCUT2D eigenvalue weighted by atomic mass is 9.99. The van der Waals surface area contributed by atoms with Gasteiger partial charge in [-0.1, -0.05) is 57.8 Å². The molecule has 0 heterocycles. The van der Waals surface area contributed by atoms with Crippen LogP contribution >= 0.6 is 0 Å². The molecule has 0 fully saturated rings. The molecule has 0 aliphatic carbocycles. The Bertz CT molecular complexity index is 322. The first-order valence-electron chi connectivity index (χ1n) is 10.8. The van der Waals surface area contributed by atoms with Crippen molar-refractivity contribution in [3.05, 3.63) is 0 Å². The van der Waals surface area contributed by atoms with E-state index in [1.807, 2.05) is 0 Å². The Labute approximate surface area is 167 Å². The zero-order valence-electron chi connectivity index (χ0n) is 18.3. The summed E-state index contributed by atoms with van der Waals surface area (Å²) in [5.41, 5.74) is 0. The van der Waals surface area contributed by atoms with Gasteiger partial charge in [0.05, 0.1) is 19.3 Å². The van der Waals surface area contributed by atoms with Gasteiger partial charge in [-0.15, -0.1) is 0 Å². The minimum atomic E-state index is -0.104. The number of hydrogen-bond donors (Lipinski definition) is 0. The number of carbonyl (C=O) groups is 1. The van der Waals surface area contributed by atoms with Gasteiger partial charge in [0.2, 0.25) is 0 Å². The van der Waals surface area contributed by atoms with Crippen molar-refractivity contribution >= 4 is 5.97 Å². The number of esters is 1. The number of hydrogen-bond acceptors (Lipinski definition) is 5. The van der Waals surface area contributed by atoms with E-state index >= 15 is 0 Å². The van der Waals surface area contributed by atoms with E-state index in [0.717, 1.165) is 45.1 Å². The third-order valence-electron chi connectivity index (χ3n) is 5.20. The highest BCUT2D eigenvalue weighted by Gasteiger charge is 2.20. The van der Waals surface area contributed by atoms with E-state index in [1.54, 1.807) is 21.3 Å². The average molecular weight is 389 g/mol. The number of unbranched alkanes of at least 4 members (excludes halogenated alkanes) is 9. The van der Waals surface area contributed by atoms with Crippen molar-refractivity contribution in [1.82, 2.24) is 0 Å². The van der Waals surface area contributed by atoms with E-state index in [1.165, 1.54) is 52.1 Å². The van der Waals surface area contributed by atoms with Gasteiger partial charge in [0.15, 0.2) is 0 Å². The SMILES string of the molecule is COCCCCCCCCC(OC)C(CCCCCCCC(=O)OC)OC. The van der Waals surface area contributed by atoms with E-state index in [4.69, 9.17) is 14.2 Å². The van der Waals surface area contributed by atoms with Gasteiger partial charge in [0, 0.05) is 34.4 Å². The minimum absolute atomic E-state index is 0.104. The standard InChI is InChI=1S/C22H44O5/c1-24-19-15-11-6-5-8-12-16-20(25-2)21(26-3)17-13-9-7-10-14-18-22(23)27-4/h20-21H,5-19H2,1-4H3. The molecule has 0 rings (SSSR count). The van der Waals surface area contributed by atoms with E-state index in [2.05, 4.69) is 4.74 Å². The largest absolute Gasteiger partial charge is 0.469 e. The second-order valence-electron chi connectivity index (χ2n) is 7.33. The van der Waals surface area contributed by atoms with Gasteiger partial charge >= 0.3 is 5.97 Å². The molecular weight excluding hydrogens is 344 g/mol. The Morgan fingerprint density at radius 2 is 1.07 bits per heavy atom. The Hall–Kier alpha value is -0.650. The van der Waals surface area contributed by atoms with Crippen LogP contribution in [-0.2, 0) is 23.7 Å². The van der Waals surface area contributed by atoms with Crippen LogP contribution in [0.1, 0.15) is 89.9 Å². The van der Waals surface area contributed by atoms with Crippen LogP contribution in [0.3, 0.4) is 0 Å². The molecule has 27 heavy (non-hydrogen) atoms. The van der Waals surface area contributed by atoms with Crippen molar-refractivity contribution < 1.29 is 23.7 Å². The molecule has 0 aliphatic rings. The van der Waals surface area contributed by atoms with Crippen LogP contribution in [0.2, 0.25) is 0 Å². The van der Waals surface area contributed by atoms with Crippen molar-refractivity contribution in [3.8, 4) is 0 Å². The molecule has 5 heteroatoms. The Morgan fingerprint density at radius 1 is 0.630 bits per heavy atom. The zero-order chi connectivity index (χ0) is 20.2. The summed E-state index contributed by atoms with van der Waals surface area (Å²) in [6.45, 7) is 0.881. The lowest BCUT2D eigenvalue weighted by Gasteiger charge is -2.25. The summed E-state index contributed by atoms with van der Waals surface area (Å²) in [5.74, 6) is -0.104. The van der Waals surface area contributed by atoms with Crippen LogP contribution in [0.25, 0.3) is 0 Å². The van der Waals surface area contributed by atoms with Gasteiger partial charge in [-0.05, 0) is 25.7 Å². The summed E-state index contributed by atoms with van der Waals surface area (Å²) in [6, 6.07) is 0. The Kier molecular flexibility index (Phi) is 19.6. The van der Waals surface area contributed by atoms with Gasteiger partial charge < -0.3 is 18.9 Å². The molecule has 0 aliphatic heterocycles. The fraction of sp³-hybridized carbons (Fsp3) is 0.955. The van der Waals surface area contributed by atoms with Crippen LogP contribution in [0.4, 0.5) is 0 Å². The van der Waals surface area contributed by atoms with Crippen molar-refractivity contribution in [2.24, 2.45) is 0 Å². The van der Waals surface area contributed by atoms with Crippen LogP contribution in [0.15, 0.2) is 0 Å². The fourth-order valence-corrected chi connectivity index (χ4v) is 3.46.